The quantitative estimate of drug-likeness (QED) is 0.395. The molecule has 5 nitrogen and oxygen atoms in total. The number of rotatable bonds is 0. The molecule has 0 bridgehead atoms. The summed E-state index contributed by atoms with van der Waals surface area (Å²) in [5.41, 5.74) is 0. The Hall–Kier alpha value is 0.0525. The first-order chi connectivity index (χ1) is 2.00. The third-order valence-corrected chi connectivity index (χ3v) is 0. The average molecular weight is 218 g/mol. The topological polar surface area (TPSA) is 158 Å². The van der Waals surface area contributed by atoms with Crippen molar-refractivity contribution in [2.75, 3.05) is 0 Å². The first-order valence-corrected chi connectivity index (χ1v) is 2.54. The molecule has 10 N–H and O–H groups in total. The molecule has 0 aliphatic heterocycles. The molecule has 0 saturated carbocycles. The summed E-state index contributed by atoms with van der Waals surface area (Å²) in [5.74, 6) is 0. The summed E-state index contributed by atoms with van der Waals surface area (Å²) in [6.45, 7) is 0. The molecule has 0 saturated heterocycles. The van der Waals surface area contributed by atoms with Crippen molar-refractivity contribution in [2.24, 2.45) is 0 Å². The van der Waals surface area contributed by atoms with E-state index in [2.05, 4.69) is 0 Å². The van der Waals surface area contributed by atoms with Crippen molar-refractivity contribution in [3.8, 4) is 0 Å². The fourth-order valence-corrected chi connectivity index (χ4v) is 0. The molecule has 0 spiro atoms. The zero-order valence-electron chi connectivity index (χ0n) is 4.42. The van der Waals surface area contributed by atoms with Gasteiger partial charge in [0.2, 0.25) is 0 Å². The molecule has 0 atom stereocenters. The molecular formula is H10CrF4O5. The summed E-state index contributed by atoms with van der Waals surface area (Å²) in [5, 5.41) is 0. The number of halogens is 4. The predicted molar refractivity (Wildman–Crippen MR) is 22.5 cm³/mol. The Labute approximate surface area is 57.4 Å². The van der Waals surface area contributed by atoms with E-state index in [1.165, 1.54) is 0 Å². The number of hydrogen-bond acceptors (Lipinski definition) is 0. The van der Waals surface area contributed by atoms with Crippen LogP contribution in [0.5, 0.6) is 0 Å². The van der Waals surface area contributed by atoms with Crippen molar-refractivity contribution in [3.63, 3.8) is 0 Å². The van der Waals surface area contributed by atoms with Gasteiger partial charge < -0.3 is 27.4 Å². The second kappa shape index (κ2) is 16.0. The van der Waals surface area contributed by atoms with Crippen LogP contribution in [0.15, 0.2) is 0 Å². The van der Waals surface area contributed by atoms with Crippen molar-refractivity contribution in [1.82, 2.24) is 0 Å². The van der Waals surface area contributed by atoms with Crippen molar-refractivity contribution >= 4 is 0 Å². The minimum absolute atomic E-state index is 0. The van der Waals surface area contributed by atoms with E-state index in [1.54, 1.807) is 0 Å². The molecule has 10 heavy (non-hydrogen) atoms. The summed E-state index contributed by atoms with van der Waals surface area (Å²) < 4.78 is 39.4. The van der Waals surface area contributed by atoms with Crippen LogP contribution in [0.4, 0.5) is 14.1 Å². The van der Waals surface area contributed by atoms with Crippen LogP contribution in [0, 0.1) is 0 Å². The summed E-state index contributed by atoms with van der Waals surface area (Å²) in [4.78, 5) is 0. The van der Waals surface area contributed by atoms with Crippen LogP contribution in [-0.2, 0) is 14.9 Å². The van der Waals surface area contributed by atoms with Crippen molar-refractivity contribution in [2.45, 2.75) is 0 Å². The van der Waals surface area contributed by atoms with Gasteiger partial charge in [0.1, 0.15) is 0 Å². The Morgan fingerprint density at radius 3 is 0.500 bits per heavy atom. The molecule has 0 rings (SSSR count). The Kier molecular flexibility index (Phi) is 80.4. The van der Waals surface area contributed by atoms with Crippen molar-refractivity contribution in [3.05, 3.63) is 0 Å². The normalized spacial score (nSPS) is 7.60. The molecule has 0 aliphatic rings. The molecule has 0 aliphatic carbocycles. The predicted octanol–water partition coefficient (Wildman–Crippen LogP) is -2.45. The van der Waals surface area contributed by atoms with Crippen LogP contribution < -0.4 is 0 Å². The third-order valence-electron chi connectivity index (χ3n) is 0. The summed E-state index contributed by atoms with van der Waals surface area (Å²) >= 11 is -6.75. The van der Waals surface area contributed by atoms with Crippen LogP contribution in [0.25, 0.3) is 0 Å². The van der Waals surface area contributed by atoms with E-state index >= 15 is 0 Å². The Morgan fingerprint density at radius 2 is 0.500 bits per heavy atom. The summed E-state index contributed by atoms with van der Waals surface area (Å²) in [6, 6.07) is 0. The van der Waals surface area contributed by atoms with E-state index in [0.717, 1.165) is 0 Å². The van der Waals surface area contributed by atoms with Gasteiger partial charge in [-0.3, -0.25) is 0 Å². The molecule has 10 heteroatoms. The average Bonchev–Trinajstić information content (AvgIpc) is 0.722. The van der Waals surface area contributed by atoms with E-state index in [9.17, 15) is 14.1 Å². The Balaban J connectivity index is -0.00000000800. The maximum atomic E-state index is 9.84. The molecule has 0 amide bonds. The summed E-state index contributed by atoms with van der Waals surface area (Å²) in [6.07, 6.45) is 0. The van der Waals surface area contributed by atoms with Gasteiger partial charge in [0.15, 0.2) is 0 Å². The first-order valence-electron chi connectivity index (χ1n) is 0.617. The Bertz CT molecular complexity index is 29.1. The first kappa shape index (κ1) is 50.2. The molecule has 0 aromatic carbocycles. The molecule has 0 fully saturated rings. The van der Waals surface area contributed by atoms with Gasteiger partial charge in [-0.25, -0.2) is 0 Å². The van der Waals surface area contributed by atoms with Gasteiger partial charge in [-0.2, -0.15) is 0 Å². The van der Waals surface area contributed by atoms with Crippen molar-refractivity contribution in [1.29, 1.82) is 0 Å². The van der Waals surface area contributed by atoms with Gasteiger partial charge >= 0.3 is 29.0 Å². The summed E-state index contributed by atoms with van der Waals surface area (Å²) in [7, 11) is 0. The fourth-order valence-electron chi connectivity index (χ4n) is 0. The minimum atomic E-state index is -6.75. The van der Waals surface area contributed by atoms with Crippen LogP contribution in [0.3, 0.4) is 0 Å². The third kappa shape index (κ3) is 145000. The van der Waals surface area contributed by atoms with Crippen LogP contribution in [-0.4, -0.2) is 27.4 Å². The van der Waals surface area contributed by atoms with Gasteiger partial charge in [-0.15, -0.1) is 0 Å². The van der Waals surface area contributed by atoms with Crippen LogP contribution in [0.2, 0.25) is 0 Å². The zero-order chi connectivity index (χ0) is 4.50. The molecular weight excluding hydrogens is 208 g/mol. The maximum absolute atomic E-state index is 9.84. The standard InChI is InChI=1S/Cr.4FH.5H2O/h;4*1H;5*1H2/q+4;;;;;;;;;/p-4. The molecule has 0 radical (unpaired) electrons. The van der Waals surface area contributed by atoms with E-state index in [-0.39, 0.29) is 27.4 Å². The monoisotopic (exact) mass is 218 g/mol. The van der Waals surface area contributed by atoms with Gasteiger partial charge in [0, 0.05) is 0 Å². The van der Waals surface area contributed by atoms with Crippen LogP contribution in [0.1, 0.15) is 0 Å². The SMILES string of the molecule is O.O.O.O.O.[F][Cr]([F])([F])[F]. The van der Waals surface area contributed by atoms with E-state index in [4.69, 9.17) is 0 Å². The second-order valence-corrected chi connectivity index (χ2v) is 1.44. The van der Waals surface area contributed by atoms with Gasteiger partial charge in [-0.05, 0) is 0 Å². The van der Waals surface area contributed by atoms with E-state index in [1.807, 2.05) is 0 Å². The molecule has 0 unspecified atom stereocenters. The van der Waals surface area contributed by atoms with Gasteiger partial charge in [0.25, 0.3) is 0 Å². The van der Waals surface area contributed by atoms with Gasteiger partial charge in [-0.1, -0.05) is 0 Å². The van der Waals surface area contributed by atoms with Crippen LogP contribution >= 0.6 is 0 Å². The number of hydrogen-bond donors (Lipinski definition) is 0. The molecule has 0 aromatic heterocycles. The van der Waals surface area contributed by atoms with E-state index < -0.39 is 14.9 Å². The molecule has 0 aromatic rings. The second-order valence-electron chi connectivity index (χ2n) is 0.350. The molecule has 74 valence electrons. The fraction of sp³-hybridized carbons (Fsp3) is 0. The van der Waals surface area contributed by atoms with E-state index in [0.29, 0.717) is 0 Å². The molecule has 0 heterocycles. The van der Waals surface area contributed by atoms with Gasteiger partial charge in [0.05, 0.1) is 0 Å². The Morgan fingerprint density at radius 1 is 0.500 bits per heavy atom. The zero-order valence-corrected chi connectivity index (χ0v) is 5.70. The van der Waals surface area contributed by atoms with Crippen molar-refractivity contribution < 1.29 is 56.4 Å².